The minimum atomic E-state index is -0.244. The van der Waals surface area contributed by atoms with Crippen molar-refractivity contribution in [2.75, 3.05) is 16.4 Å². The van der Waals surface area contributed by atoms with E-state index in [2.05, 4.69) is 39.2 Å². The third-order valence-electron chi connectivity index (χ3n) is 6.15. The molecule has 0 saturated heterocycles. The molecule has 3 atom stereocenters. The Hall–Kier alpha value is -3.18. The molecule has 3 aromatic rings. The molecule has 4 rings (SSSR count). The molecule has 38 heavy (non-hydrogen) atoms. The van der Waals surface area contributed by atoms with E-state index in [1.54, 1.807) is 35.6 Å². The van der Waals surface area contributed by atoms with E-state index in [1.807, 2.05) is 50.4 Å². The normalized spacial score (nSPS) is 18.7. The molecule has 0 spiro atoms. The maximum Gasteiger partial charge on any atom is 0.253 e. The Morgan fingerprint density at radius 2 is 1.87 bits per heavy atom. The summed E-state index contributed by atoms with van der Waals surface area (Å²) in [6, 6.07) is 16.9. The minimum absolute atomic E-state index is 0.0791. The Bertz CT molecular complexity index is 1370. The summed E-state index contributed by atoms with van der Waals surface area (Å²) in [5.74, 6) is 6.20. The zero-order valence-corrected chi connectivity index (χ0v) is 23.9. The maximum atomic E-state index is 13.6. The lowest BCUT2D eigenvalue weighted by Crippen LogP contribution is -2.44. The summed E-state index contributed by atoms with van der Waals surface area (Å²) in [6.07, 6.45) is 0.701. The van der Waals surface area contributed by atoms with Crippen LogP contribution in [-0.2, 0) is 9.59 Å². The standard InChI is InChI=1S/C30H30ClN3O2S2/c1-4-5-9-25-28(21-14-15-37-17-21)27(29(36)34-23-12-10-22(31)11-13-23)20(3)32-30(25)38-18-26(35)33-24-8-6-7-19(2)16-24/h6-8,10-17,25,28,30,32H,4,18H2,1-3H3,(H,33,35)(H,34,36). The van der Waals surface area contributed by atoms with Gasteiger partial charge in [0.2, 0.25) is 5.91 Å². The number of carbonyl (C=O) groups excluding carboxylic acids is 2. The van der Waals surface area contributed by atoms with Crippen molar-refractivity contribution in [2.45, 2.75) is 38.5 Å². The van der Waals surface area contributed by atoms with Gasteiger partial charge in [-0.05, 0) is 78.2 Å². The highest BCUT2D eigenvalue weighted by atomic mass is 35.5. The molecule has 0 aliphatic carbocycles. The maximum absolute atomic E-state index is 13.6. The molecule has 196 valence electrons. The van der Waals surface area contributed by atoms with Gasteiger partial charge in [0.25, 0.3) is 5.91 Å². The molecular formula is C30H30ClN3O2S2. The summed E-state index contributed by atoms with van der Waals surface area (Å²) in [6.45, 7) is 5.92. The van der Waals surface area contributed by atoms with Crippen LogP contribution < -0.4 is 16.0 Å². The molecule has 0 fully saturated rings. The van der Waals surface area contributed by atoms with Crippen molar-refractivity contribution in [3.8, 4) is 11.8 Å². The lowest BCUT2D eigenvalue weighted by molar-refractivity contribution is -0.114. The van der Waals surface area contributed by atoms with Gasteiger partial charge in [0.05, 0.1) is 17.0 Å². The van der Waals surface area contributed by atoms with Gasteiger partial charge in [-0.2, -0.15) is 11.3 Å². The second-order valence-corrected chi connectivity index (χ2v) is 11.4. The summed E-state index contributed by atoms with van der Waals surface area (Å²) >= 11 is 9.12. The fourth-order valence-corrected chi connectivity index (χ4v) is 6.37. The van der Waals surface area contributed by atoms with E-state index in [4.69, 9.17) is 11.6 Å². The fourth-order valence-electron chi connectivity index (χ4n) is 4.45. The number of rotatable bonds is 7. The van der Waals surface area contributed by atoms with Crippen LogP contribution in [0.1, 0.15) is 37.3 Å². The molecule has 8 heteroatoms. The first kappa shape index (κ1) is 27.8. The van der Waals surface area contributed by atoms with Crippen LogP contribution >= 0.6 is 34.7 Å². The number of thiophene rings is 1. The van der Waals surface area contributed by atoms with E-state index in [-0.39, 0.29) is 34.8 Å². The number of aryl methyl sites for hydroxylation is 1. The average molecular weight is 564 g/mol. The van der Waals surface area contributed by atoms with Crippen LogP contribution in [0.5, 0.6) is 0 Å². The van der Waals surface area contributed by atoms with Crippen molar-refractivity contribution in [2.24, 2.45) is 5.92 Å². The number of nitrogens with one attached hydrogen (secondary N) is 3. The Kier molecular flexibility index (Phi) is 9.57. The summed E-state index contributed by atoms with van der Waals surface area (Å²) in [5, 5.41) is 14.0. The van der Waals surface area contributed by atoms with Crippen molar-refractivity contribution in [1.29, 1.82) is 0 Å². The first-order valence-electron chi connectivity index (χ1n) is 12.4. The quantitative estimate of drug-likeness (QED) is 0.270. The van der Waals surface area contributed by atoms with Gasteiger partial charge in [-0.25, -0.2) is 0 Å². The van der Waals surface area contributed by atoms with Crippen LogP contribution in [0.15, 0.2) is 76.6 Å². The largest absolute Gasteiger partial charge is 0.375 e. The number of thioether (sulfide) groups is 1. The number of anilines is 2. The van der Waals surface area contributed by atoms with E-state index in [0.717, 1.165) is 22.5 Å². The molecule has 3 unspecified atom stereocenters. The van der Waals surface area contributed by atoms with Crippen LogP contribution in [0.4, 0.5) is 11.4 Å². The Balaban J connectivity index is 1.60. The number of hydrogen-bond acceptors (Lipinski definition) is 5. The monoisotopic (exact) mass is 563 g/mol. The zero-order chi connectivity index (χ0) is 27.1. The molecule has 5 nitrogen and oxygen atoms in total. The average Bonchev–Trinajstić information content (AvgIpc) is 3.42. The van der Waals surface area contributed by atoms with E-state index >= 15 is 0 Å². The summed E-state index contributed by atoms with van der Waals surface area (Å²) in [5.41, 5.74) is 5.01. The zero-order valence-electron chi connectivity index (χ0n) is 21.5. The van der Waals surface area contributed by atoms with Crippen LogP contribution in [0.3, 0.4) is 0 Å². The number of halogens is 1. The molecule has 3 N–H and O–H groups in total. The number of amides is 2. The number of hydrogen-bond donors (Lipinski definition) is 3. The number of carbonyl (C=O) groups is 2. The van der Waals surface area contributed by atoms with Gasteiger partial charge in [0, 0.05) is 40.0 Å². The number of benzene rings is 2. The van der Waals surface area contributed by atoms with E-state index in [0.29, 0.717) is 22.7 Å². The summed E-state index contributed by atoms with van der Waals surface area (Å²) < 4.78 is 0. The van der Waals surface area contributed by atoms with Crippen LogP contribution in [-0.4, -0.2) is 22.9 Å². The molecule has 2 heterocycles. The van der Waals surface area contributed by atoms with Gasteiger partial charge in [0.15, 0.2) is 0 Å². The van der Waals surface area contributed by atoms with Gasteiger partial charge in [-0.3, -0.25) is 9.59 Å². The third-order valence-corrected chi connectivity index (χ3v) is 8.30. The Morgan fingerprint density at radius 1 is 1.08 bits per heavy atom. The van der Waals surface area contributed by atoms with Crippen molar-refractivity contribution in [1.82, 2.24) is 5.32 Å². The first-order valence-corrected chi connectivity index (χ1v) is 14.8. The van der Waals surface area contributed by atoms with Crippen molar-refractivity contribution < 1.29 is 9.59 Å². The van der Waals surface area contributed by atoms with Crippen LogP contribution in [0, 0.1) is 24.7 Å². The highest BCUT2D eigenvalue weighted by Gasteiger charge is 2.40. The topological polar surface area (TPSA) is 70.2 Å². The molecule has 0 bridgehead atoms. The SMILES string of the molecule is CCC#CC1C(SCC(=O)Nc2cccc(C)c2)NC(C)=C(C(=O)Nc2ccc(Cl)cc2)C1c1ccsc1. The van der Waals surface area contributed by atoms with Crippen molar-refractivity contribution in [3.63, 3.8) is 0 Å². The molecule has 0 saturated carbocycles. The van der Waals surface area contributed by atoms with E-state index < -0.39 is 0 Å². The highest BCUT2D eigenvalue weighted by molar-refractivity contribution is 8.00. The Labute approximate surface area is 237 Å². The van der Waals surface area contributed by atoms with Gasteiger partial charge in [-0.1, -0.05) is 36.6 Å². The van der Waals surface area contributed by atoms with Gasteiger partial charge < -0.3 is 16.0 Å². The third kappa shape index (κ3) is 7.02. The van der Waals surface area contributed by atoms with Crippen molar-refractivity contribution >= 4 is 57.9 Å². The first-order chi connectivity index (χ1) is 18.4. The molecule has 1 aliphatic heterocycles. The lowest BCUT2D eigenvalue weighted by Gasteiger charge is -2.38. The predicted octanol–water partition coefficient (Wildman–Crippen LogP) is 7.04. The number of allylic oxidation sites excluding steroid dienone is 1. The molecule has 1 aromatic heterocycles. The van der Waals surface area contributed by atoms with Gasteiger partial charge in [0.1, 0.15) is 0 Å². The second kappa shape index (κ2) is 13.1. The van der Waals surface area contributed by atoms with Gasteiger partial charge >= 0.3 is 0 Å². The lowest BCUT2D eigenvalue weighted by atomic mass is 9.77. The van der Waals surface area contributed by atoms with Crippen molar-refractivity contribution in [3.05, 3.63) is 92.8 Å². The molecule has 1 aliphatic rings. The summed E-state index contributed by atoms with van der Waals surface area (Å²) in [4.78, 5) is 26.4. The molecule has 2 amide bonds. The predicted molar refractivity (Wildman–Crippen MR) is 161 cm³/mol. The molecule has 0 radical (unpaired) electrons. The van der Waals surface area contributed by atoms with Crippen LogP contribution in [0.25, 0.3) is 0 Å². The van der Waals surface area contributed by atoms with Crippen LogP contribution in [0.2, 0.25) is 5.02 Å². The highest BCUT2D eigenvalue weighted by Crippen LogP contribution is 2.43. The molecule has 2 aromatic carbocycles. The smallest absolute Gasteiger partial charge is 0.253 e. The fraction of sp³-hybridized carbons (Fsp3) is 0.267. The second-order valence-electron chi connectivity index (χ2n) is 9.03. The summed E-state index contributed by atoms with van der Waals surface area (Å²) in [7, 11) is 0. The minimum Gasteiger partial charge on any atom is -0.375 e. The van der Waals surface area contributed by atoms with E-state index in [9.17, 15) is 9.59 Å². The molecular weight excluding hydrogens is 534 g/mol. The Morgan fingerprint density at radius 3 is 2.55 bits per heavy atom. The van der Waals surface area contributed by atoms with Gasteiger partial charge in [-0.15, -0.1) is 17.7 Å². The van der Waals surface area contributed by atoms with E-state index in [1.165, 1.54) is 11.8 Å².